The number of rotatable bonds is 8. The van der Waals surface area contributed by atoms with Gasteiger partial charge in [0, 0.05) is 41.2 Å². The minimum absolute atomic E-state index is 0.277. The molecule has 2 aromatic heterocycles. The molecule has 4 aromatic rings. The minimum Gasteiger partial charge on any atom is -0.437 e. The summed E-state index contributed by atoms with van der Waals surface area (Å²) < 4.78 is 33.2. The SMILES string of the molecule is C=CS(=O)(=O)Nc1cccc2c(Oc3ncccc3-c3ccnc(N[C@H]4CCCNC4)n3)c(C)ccc12. The van der Waals surface area contributed by atoms with E-state index in [1.807, 2.05) is 43.3 Å². The molecule has 0 unspecified atom stereocenters. The van der Waals surface area contributed by atoms with Crippen LogP contribution in [0.3, 0.4) is 0 Å². The van der Waals surface area contributed by atoms with E-state index < -0.39 is 10.0 Å². The fourth-order valence-electron chi connectivity index (χ4n) is 4.36. The molecular formula is C27H28N6O3S. The Balaban J connectivity index is 1.50. The number of ether oxygens (including phenoxy) is 1. The van der Waals surface area contributed by atoms with E-state index in [9.17, 15) is 8.42 Å². The maximum Gasteiger partial charge on any atom is 0.254 e. The van der Waals surface area contributed by atoms with Crippen LogP contribution < -0.4 is 20.1 Å². The fourth-order valence-corrected chi connectivity index (χ4v) is 4.93. The number of benzene rings is 2. The summed E-state index contributed by atoms with van der Waals surface area (Å²) in [5.74, 6) is 1.53. The van der Waals surface area contributed by atoms with Gasteiger partial charge in [-0.05, 0) is 56.1 Å². The van der Waals surface area contributed by atoms with Crippen LogP contribution in [0.1, 0.15) is 18.4 Å². The maximum atomic E-state index is 12.1. The van der Waals surface area contributed by atoms with Crippen molar-refractivity contribution in [1.82, 2.24) is 20.3 Å². The number of piperidine rings is 1. The van der Waals surface area contributed by atoms with E-state index in [4.69, 9.17) is 9.72 Å². The van der Waals surface area contributed by atoms with Crippen molar-refractivity contribution in [2.75, 3.05) is 23.1 Å². The topological polar surface area (TPSA) is 118 Å². The first-order chi connectivity index (χ1) is 17.9. The second kappa shape index (κ2) is 10.5. The average Bonchev–Trinajstić information content (AvgIpc) is 2.91. The van der Waals surface area contributed by atoms with Crippen LogP contribution in [0.25, 0.3) is 22.0 Å². The van der Waals surface area contributed by atoms with E-state index in [-0.39, 0.29) is 6.04 Å². The molecule has 0 saturated carbocycles. The standard InChI is InChI=1S/C27H28N6O3S/c1-3-37(34,35)33-24-10-4-8-21-20(24)12-11-18(2)25(21)36-26-22(9-6-15-29-26)23-13-16-30-27(32-23)31-19-7-5-14-28-17-19/h3-4,6,8-13,15-16,19,28,33H,1,5,7,14,17H2,2H3,(H,30,31,32)/t19-/m0/s1. The molecule has 1 atom stereocenters. The normalized spacial score (nSPS) is 15.8. The third kappa shape index (κ3) is 5.55. The van der Waals surface area contributed by atoms with Gasteiger partial charge in [-0.2, -0.15) is 0 Å². The van der Waals surface area contributed by atoms with E-state index in [1.54, 1.807) is 24.5 Å². The van der Waals surface area contributed by atoms with Gasteiger partial charge < -0.3 is 15.4 Å². The molecule has 9 nitrogen and oxygen atoms in total. The summed E-state index contributed by atoms with van der Waals surface area (Å²) in [6.45, 7) is 7.21. The molecule has 0 amide bonds. The largest absolute Gasteiger partial charge is 0.437 e. The first-order valence-electron chi connectivity index (χ1n) is 12.0. The predicted molar refractivity (Wildman–Crippen MR) is 146 cm³/mol. The summed E-state index contributed by atoms with van der Waals surface area (Å²) in [5, 5.41) is 9.12. The molecule has 190 valence electrons. The lowest BCUT2D eigenvalue weighted by Gasteiger charge is -2.23. The fraction of sp³-hybridized carbons (Fsp3) is 0.222. The highest BCUT2D eigenvalue weighted by Gasteiger charge is 2.18. The quantitative estimate of drug-likeness (QED) is 0.304. The van der Waals surface area contributed by atoms with Gasteiger partial charge in [-0.15, -0.1) is 0 Å². The maximum absolute atomic E-state index is 12.1. The number of pyridine rings is 1. The van der Waals surface area contributed by atoms with Gasteiger partial charge in [-0.1, -0.05) is 30.8 Å². The zero-order chi connectivity index (χ0) is 25.8. The van der Waals surface area contributed by atoms with Crippen LogP contribution in [0.2, 0.25) is 0 Å². The van der Waals surface area contributed by atoms with Crippen LogP contribution in [0.5, 0.6) is 11.6 Å². The number of anilines is 2. The van der Waals surface area contributed by atoms with Crippen molar-refractivity contribution in [3.05, 3.63) is 78.5 Å². The number of nitrogens with one attached hydrogen (secondary N) is 3. The third-order valence-electron chi connectivity index (χ3n) is 6.21. The molecule has 3 N–H and O–H groups in total. The Kier molecular flexibility index (Phi) is 7.02. The number of fused-ring (bicyclic) bond motifs is 1. The van der Waals surface area contributed by atoms with Crippen LogP contribution in [-0.4, -0.2) is 42.5 Å². The molecule has 10 heteroatoms. The monoisotopic (exact) mass is 516 g/mol. The van der Waals surface area contributed by atoms with Crippen molar-refractivity contribution in [1.29, 1.82) is 0 Å². The Morgan fingerprint density at radius 2 is 1.97 bits per heavy atom. The number of hydrogen-bond acceptors (Lipinski definition) is 8. The van der Waals surface area contributed by atoms with Crippen molar-refractivity contribution < 1.29 is 13.2 Å². The summed E-state index contributed by atoms with van der Waals surface area (Å²) in [6.07, 6.45) is 5.56. The summed E-state index contributed by atoms with van der Waals surface area (Å²) in [6, 6.07) is 14.9. The molecule has 37 heavy (non-hydrogen) atoms. The van der Waals surface area contributed by atoms with Crippen LogP contribution >= 0.6 is 0 Å². The van der Waals surface area contributed by atoms with Crippen molar-refractivity contribution in [2.24, 2.45) is 0 Å². The van der Waals surface area contributed by atoms with Crippen LogP contribution in [0.4, 0.5) is 11.6 Å². The molecule has 0 aliphatic carbocycles. The Morgan fingerprint density at radius 1 is 1.08 bits per heavy atom. The average molecular weight is 517 g/mol. The smallest absolute Gasteiger partial charge is 0.254 e. The van der Waals surface area contributed by atoms with Gasteiger partial charge in [0.2, 0.25) is 11.8 Å². The van der Waals surface area contributed by atoms with E-state index in [0.717, 1.165) is 47.9 Å². The van der Waals surface area contributed by atoms with Crippen LogP contribution in [0, 0.1) is 6.92 Å². The van der Waals surface area contributed by atoms with Crippen molar-refractivity contribution in [3.63, 3.8) is 0 Å². The summed E-state index contributed by atoms with van der Waals surface area (Å²) in [5.41, 5.74) is 2.71. The van der Waals surface area contributed by atoms with Crippen molar-refractivity contribution >= 4 is 32.4 Å². The molecule has 3 heterocycles. The van der Waals surface area contributed by atoms with Crippen LogP contribution in [-0.2, 0) is 10.0 Å². The molecule has 1 aliphatic rings. The number of aromatic nitrogens is 3. The molecule has 1 saturated heterocycles. The number of nitrogens with zero attached hydrogens (tertiary/aromatic N) is 3. The third-order valence-corrected chi connectivity index (χ3v) is 7.16. The molecule has 2 aromatic carbocycles. The first-order valence-corrected chi connectivity index (χ1v) is 13.6. The van der Waals surface area contributed by atoms with Gasteiger partial charge in [0.15, 0.2) is 0 Å². The highest BCUT2D eigenvalue weighted by Crippen LogP contribution is 2.38. The molecule has 0 spiro atoms. The highest BCUT2D eigenvalue weighted by molar-refractivity contribution is 7.95. The van der Waals surface area contributed by atoms with Gasteiger partial charge in [0.05, 0.1) is 16.9 Å². The zero-order valence-electron chi connectivity index (χ0n) is 20.4. The second-order valence-electron chi connectivity index (χ2n) is 8.84. The number of sulfonamides is 1. The second-order valence-corrected chi connectivity index (χ2v) is 10.5. The first kappa shape index (κ1) is 24.7. The van der Waals surface area contributed by atoms with E-state index in [0.29, 0.717) is 34.3 Å². The minimum atomic E-state index is -3.67. The van der Waals surface area contributed by atoms with Gasteiger partial charge in [-0.25, -0.2) is 23.4 Å². The summed E-state index contributed by atoms with van der Waals surface area (Å²) in [4.78, 5) is 13.6. The highest BCUT2D eigenvalue weighted by atomic mass is 32.2. The summed E-state index contributed by atoms with van der Waals surface area (Å²) in [7, 11) is -3.67. The predicted octanol–water partition coefficient (Wildman–Crippen LogP) is 4.84. The zero-order valence-corrected chi connectivity index (χ0v) is 21.3. The number of aryl methyl sites for hydroxylation is 1. The Bertz CT molecular complexity index is 1550. The van der Waals surface area contributed by atoms with Crippen LogP contribution in [0.15, 0.2) is 72.9 Å². The molecule has 0 bridgehead atoms. The van der Waals surface area contributed by atoms with Crippen molar-refractivity contribution in [2.45, 2.75) is 25.8 Å². The van der Waals surface area contributed by atoms with Gasteiger partial charge in [0.1, 0.15) is 5.75 Å². The van der Waals surface area contributed by atoms with Gasteiger partial charge in [0.25, 0.3) is 10.0 Å². The van der Waals surface area contributed by atoms with E-state index in [1.165, 1.54) is 0 Å². The molecular weight excluding hydrogens is 488 g/mol. The molecule has 5 rings (SSSR count). The lowest BCUT2D eigenvalue weighted by atomic mass is 10.0. The Labute approximate surface area is 216 Å². The van der Waals surface area contributed by atoms with Crippen molar-refractivity contribution in [3.8, 4) is 22.9 Å². The van der Waals surface area contributed by atoms with Gasteiger partial charge in [-0.3, -0.25) is 4.72 Å². The molecule has 1 fully saturated rings. The lowest BCUT2D eigenvalue weighted by molar-refractivity contribution is 0.466. The molecule has 1 aliphatic heterocycles. The van der Waals surface area contributed by atoms with Gasteiger partial charge >= 0.3 is 0 Å². The number of hydrogen-bond donors (Lipinski definition) is 3. The molecule has 0 radical (unpaired) electrons. The lowest BCUT2D eigenvalue weighted by Crippen LogP contribution is -2.38. The Hall–Kier alpha value is -4.02. The van der Waals surface area contributed by atoms with E-state index in [2.05, 4.69) is 31.9 Å². The van der Waals surface area contributed by atoms with E-state index >= 15 is 0 Å². The summed E-state index contributed by atoms with van der Waals surface area (Å²) >= 11 is 0. The Morgan fingerprint density at radius 3 is 2.78 bits per heavy atom.